The minimum absolute atomic E-state index is 0.579. The first-order valence-corrected chi connectivity index (χ1v) is 6.36. The summed E-state index contributed by atoms with van der Waals surface area (Å²) in [5.74, 6) is 0. The fourth-order valence-electron chi connectivity index (χ4n) is 2.82. The first-order chi connectivity index (χ1) is 7.24. The van der Waals surface area contributed by atoms with Crippen LogP contribution in [0.2, 0.25) is 0 Å². The van der Waals surface area contributed by atoms with Crippen LogP contribution in [-0.2, 0) is 0 Å². The topological polar surface area (TPSA) is 18.5 Å². The Labute approximate surface area is 93.8 Å². The molecule has 2 aliphatic rings. The van der Waals surface area contributed by atoms with Gasteiger partial charge in [0.05, 0.1) is 0 Å². The fraction of sp³-hybridized carbons (Fsp3) is 1.00. The van der Waals surface area contributed by atoms with Crippen molar-refractivity contribution >= 4 is 0 Å². The van der Waals surface area contributed by atoms with Gasteiger partial charge in [0, 0.05) is 39.3 Å². The van der Waals surface area contributed by atoms with Crippen LogP contribution < -0.4 is 5.32 Å². The molecule has 0 spiro atoms. The predicted molar refractivity (Wildman–Crippen MR) is 64.1 cm³/mol. The average Bonchev–Trinajstić information content (AvgIpc) is 2.71. The normalized spacial score (nSPS) is 34.8. The maximum absolute atomic E-state index is 3.53. The van der Waals surface area contributed by atoms with E-state index in [2.05, 4.69) is 29.1 Å². The molecular weight excluding hydrogens is 186 g/mol. The zero-order valence-corrected chi connectivity index (χ0v) is 10.3. The molecule has 2 aliphatic heterocycles. The Morgan fingerprint density at radius 1 is 1.20 bits per heavy atom. The highest BCUT2D eigenvalue weighted by Gasteiger charge is 2.34. The lowest BCUT2D eigenvalue weighted by Gasteiger charge is -2.38. The summed E-state index contributed by atoms with van der Waals surface area (Å²) in [6.45, 7) is 11.1. The summed E-state index contributed by atoms with van der Waals surface area (Å²) in [5.41, 5.74) is 0.579. The van der Waals surface area contributed by atoms with Crippen LogP contribution in [0, 0.1) is 5.41 Å². The molecule has 0 aromatic rings. The van der Waals surface area contributed by atoms with Gasteiger partial charge in [0.1, 0.15) is 0 Å². The third-order valence-electron chi connectivity index (χ3n) is 4.24. The Balaban J connectivity index is 1.84. The van der Waals surface area contributed by atoms with Crippen molar-refractivity contribution in [1.29, 1.82) is 0 Å². The van der Waals surface area contributed by atoms with Crippen molar-refractivity contribution in [2.45, 2.75) is 19.8 Å². The highest BCUT2D eigenvalue weighted by atomic mass is 15.2. The molecule has 1 atom stereocenters. The maximum atomic E-state index is 3.53. The van der Waals surface area contributed by atoms with E-state index in [0.717, 1.165) is 0 Å². The van der Waals surface area contributed by atoms with Crippen molar-refractivity contribution in [3.05, 3.63) is 0 Å². The lowest BCUT2D eigenvalue weighted by atomic mass is 9.83. The minimum Gasteiger partial charge on any atom is -0.316 e. The molecular formula is C12H25N3. The number of nitrogens with one attached hydrogen (secondary N) is 1. The van der Waals surface area contributed by atoms with E-state index in [9.17, 15) is 0 Å². The van der Waals surface area contributed by atoms with Crippen LogP contribution in [0.5, 0.6) is 0 Å². The number of likely N-dealkylation sites (N-methyl/N-ethyl adjacent to an activating group) is 1. The highest BCUT2D eigenvalue weighted by Crippen LogP contribution is 2.30. The van der Waals surface area contributed by atoms with Gasteiger partial charge < -0.3 is 15.1 Å². The zero-order valence-electron chi connectivity index (χ0n) is 10.3. The van der Waals surface area contributed by atoms with E-state index in [-0.39, 0.29) is 0 Å². The molecule has 2 fully saturated rings. The van der Waals surface area contributed by atoms with Gasteiger partial charge in [-0.2, -0.15) is 0 Å². The van der Waals surface area contributed by atoms with Gasteiger partial charge in [-0.15, -0.1) is 0 Å². The molecule has 0 bridgehead atoms. The van der Waals surface area contributed by atoms with Crippen LogP contribution in [0.4, 0.5) is 0 Å². The molecule has 2 saturated heterocycles. The van der Waals surface area contributed by atoms with Crippen molar-refractivity contribution in [1.82, 2.24) is 15.1 Å². The van der Waals surface area contributed by atoms with Gasteiger partial charge in [0.2, 0.25) is 0 Å². The zero-order chi connectivity index (χ0) is 10.7. The first-order valence-electron chi connectivity index (χ1n) is 6.36. The number of piperazine rings is 1. The summed E-state index contributed by atoms with van der Waals surface area (Å²) in [6, 6.07) is 0. The summed E-state index contributed by atoms with van der Waals surface area (Å²) in [5, 5.41) is 3.53. The lowest BCUT2D eigenvalue weighted by Crippen LogP contribution is -2.49. The Kier molecular flexibility index (Phi) is 3.65. The number of rotatable bonds is 3. The third kappa shape index (κ3) is 2.71. The second kappa shape index (κ2) is 4.81. The molecule has 15 heavy (non-hydrogen) atoms. The summed E-state index contributed by atoms with van der Waals surface area (Å²) >= 11 is 0. The van der Waals surface area contributed by atoms with E-state index < -0.39 is 0 Å². The van der Waals surface area contributed by atoms with E-state index in [4.69, 9.17) is 0 Å². The van der Waals surface area contributed by atoms with Gasteiger partial charge in [-0.3, -0.25) is 0 Å². The van der Waals surface area contributed by atoms with Crippen molar-refractivity contribution in [3.8, 4) is 0 Å². The molecule has 3 nitrogen and oxygen atoms in total. The van der Waals surface area contributed by atoms with E-state index >= 15 is 0 Å². The molecule has 3 heteroatoms. The largest absolute Gasteiger partial charge is 0.316 e. The van der Waals surface area contributed by atoms with Crippen molar-refractivity contribution in [2.24, 2.45) is 5.41 Å². The third-order valence-corrected chi connectivity index (χ3v) is 4.24. The predicted octanol–water partition coefficient (Wildman–Crippen LogP) is 0.624. The SMILES string of the molecule is CCC1(CN2CCN(C)CC2)CCNC1. The van der Waals surface area contributed by atoms with E-state index in [0.29, 0.717) is 5.41 Å². The van der Waals surface area contributed by atoms with Crippen molar-refractivity contribution in [2.75, 3.05) is 52.9 Å². The van der Waals surface area contributed by atoms with E-state index in [1.54, 1.807) is 0 Å². The fourth-order valence-corrected chi connectivity index (χ4v) is 2.82. The molecule has 0 saturated carbocycles. The van der Waals surface area contributed by atoms with Crippen molar-refractivity contribution < 1.29 is 0 Å². The molecule has 0 aromatic carbocycles. The van der Waals surface area contributed by atoms with Crippen LogP contribution in [0.3, 0.4) is 0 Å². The summed E-state index contributed by atoms with van der Waals surface area (Å²) < 4.78 is 0. The van der Waals surface area contributed by atoms with Crippen LogP contribution in [0.1, 0.15) is 19.8 Å². The summed E-state index contributed by atoms with van der Waals surface area (Å²) in [6.07, 6.45) is 2.70. The van der Waals surface area contributed by atoms with E-state index in [1.165, 1.54) is 58.7 Å². The van der Waals surface area contributed by atoms with Gasteiger partial charge >= 0.3 is 0 Å². The summed E-state index contributed by atoms with van der Waals surface area (Å²) in [7, 11) is 2.23. The van der Waals surface area contributed by atoms with Crippen LogP contribution in [0.15, 0.2) is 0 Å². The van der Waals surface area contributed by atoms with Gasteiger partial charge in [0.25, 0.3) is 0 Å². The molecule has 2 rings (SSSR count). The number of nitrogens with zero attached hydrogens (tertiary/aromatic N) is 2. The molecule has 0 aliphatic carbocycles. The van der Waals surface area contributed by atoms with E-state index in [1.807, 2.05) is 0 Å². The number of hydrogen-bond donors (Lipinski definition) is 1. The van der Waals surface area contributed by atoms with Crippen LogP contribution >= 0.6 is 0 Å². The van der Waals surface area contributed by atoms with Gasteiger partial charge in [-0.25, -0.2) is 0 Å². The molecule has 1 N–H and O–H groups in total. The second-order valence-electron chi connectivity index (χ2n) is 5.36. The number of hydrogen-bond acceptors (Lipinski definition) is 3. The van der Waals surface area contributed by atoms with Gasteiger partial charge in [0.15, 0.2) is 0 Å². The first kappa shape index (κ1) is 11.4. The molecule has 0 amide bonds. The standard InChI is InChI=1S/C12H25N3/c1-3-12(4-5-13-10-12)11-15-8-6-14(2)7-9-15/h13H,3-11H2,1-2H3. The lowest BCUT2D eigenvalue weighted by molar-refractivity contribution is 0.101. The highest BCUT2D eigenvalue weighted by molar-refractivity contribution is 4.90. The minimum atomic E-state index is 0.579. The molecule has 88 valence electrons. The molecule has 1 unspecified atom stereocenters. The molecule has 2 heterocycles. The second-order valence-corrected chi connectivity index (χ2v) is 5.36. The maximum Gasteiger partial charge on any atom is 0.0110 e. The average molecular weight is 211 g/mol. The summed E-state index contributed by atoms with van der Waals surface area (Å²) in [4.78, 5) is 5.10. The Bertz CT molecular complexity index is 191. The monoisotopic (exact) mass is 211 g/mol. The Hall–Kier alpha value is -0.120. The van der Waals surface area contributed by atoms with Crippen LogP contribution in [-0.4, -0.2) is 62.7 Å². The quantitative estimate of drug-likeness (QED) is 0.738. The van der Waals surface area contributed by atoms with Gasteiger partial charge in [-0.1, -0.05) is 6.92 Å². The Morgan fingerprint density at radius 2 is 1.93 bits per heavy atom. The smallest absolute Gasteiger partial charge is 0.0110 e. The van der Waals surface area contributed by atoms with Crippen molar-refractivity contribution in [3.63, 3.8) is 0 Å². The Morgan fingerprint density at radius 3 is 2.47 bits per heavy atom. The van der Waals surface area contributed by atoms with Gasteiger partial charge in [-0.05, 0) is 31.8 Å². The molecule has 0 radical (unpaired) electrons. The van der Waals surface area contributed by atoms with Crippen LogP contribution in [0.25, 0.3) is 0 Å². The molecule has 0 aromatic heterocycles.